The highest BCUT2D eigenvalue weighted by Crippen LogP contribution is 2.41. The van der Waals surface area contributed by atoms with E-state index in [0.717, 1.165) is 12.1 Å². The number of fused-ring (bicyclic) bond motifs is 1. The normalized spacial score (nSPS) is 15.2. The van der Waals surface area contributed by atoms with Crippen molar-refractivity contribution in [3.05, 3.63) is 35.5 Å². The van der Waals surface area contributed by atoms with Gasteiger partial charge < -0.3 is 5.32 Å². The minimum Gasteiger partial charge on any atom is -0.385 e. The van der Waals surface area contributed by atoms with Crippen LogP contribution in [0.2, 0.25) is 0 Å². The zero-order chi connectivity index (χ0) is 13.4. The van der Waals surface area contributed by atoms with E-state index in [9.17, 15) is 0 Å². The fraction of sp³-hybridized carbons (Fsp3) is 0.471. The van der Waals surface area contributed by atoms with Crippen molar-refractivity contribution in [3.8, 4) is 0 Å². The molecule has 1 saturated carbocycles. The summed E-state index contributed by atoms with van der Waals surface area (Å²) < 4.78 is 0. The van der Waals surface area contributed by atoms with E-state index in [1.165, 1.54) is 35.2 Å². The quantitative estimate of drug-likeness (QED) is 0.857. The molecule has 19 heavy (non-hydrogen) atoms. The maximum absolute atomic E-state index is 4.84. The molecule has 0 bridgehead atoms. The average molecular weight is 254 g/mol. The second-order valence-corrected chi connectivity index (χ2v) is 5.83. The summed E-state index contributed by atoms with van der Waals surface area (Å²) in [7, 11) is 0. The standard InChI is InChI=1S/C17H22N2/c1-4-18-17-10-16(12-5-6-12)19-15-8-7-13(11(2)3)9-14(15)17/h7-12H,4-6H2,1-3H3,(H,18,19). The van der Waals surface area contributed by atoms with Crippen LogP contribution in [0.1, 0.15) is 56.7 Å². The van der Waals surface area contributed by atoms with Crippen molar-refractivity contribution >= 4 is 16.6 Å². The van der Waals surface area contributed by atoms with Gasteiger partial charge in [-0.3, -0.25) is 4.98 Å². The van der Waals surface area contributed by atoms with E-state index in [4.69, 9.17) is 4.98 Å². The Bertz CT molecular complexity index is 597. The number of nitrogens with one attached hydrogen (secondary N) is 1. The van der Waals surface area contributed by atoms with Gasteiger partial charge in [0.1, 0.15) is 0 Å². The summed E-state index contributed by atoms with van der Waals surface area (Å²) in [6.45, 7) is 7.57. The molecule has 0 radical (unpaired) electrons. The molecule has 0 atom stereocenters. The fourth-order valence-electron chi connectivity index (χ4n) is 2.55. The minimum atomic E-state index is 0.557. The monoisotopic (exact) mass is 254 g/mol. The van der Waals surface area contributed by atoms with Crippen molar-refractivity contribution in [2.24, 2.45) is 0 Å². The van der Waals surface area contributed by atoms with Crippen molar-refractivity contribution in [2.45, 2.75) is 45.4 Å². The van der Waals surface area contributed by atoms with Gasteiger partial charge in [0, 0.05) is 29.2 Å². The molecule has 3 rings (SSSR count). The van der Waals surface area contributed by atoms with Gasteiger partial charge in [-0.2, -0.15) is 0 Å². The Labute approximate surface area is 115 Å². The second kappa shape index (κ2) is 4.84. The van der Waals surface area contributed by atoms with E-state index >= 15 is 0 Å². The average Bonchev–Trinajstić information content (AvgIpc) is 3.22. The molecule has 1 aromatic heterocycles. The van der Waals surface area contributed by atoms with Gasteiger partial charge in [0.05, 0.1) is 5.52 Å². The Hall–Kier alpha value is -1.57. The fourth-order valence-corrected chi connectivity index (χ4v) is 2.55. The molecule has 0 unspecified atom stereocenters. The maximum Gasteiger partial charge on any atom is 0.0726 e. The van der Waals surface area contributed by atoms with Gasteiger partial charge in [0.2, 0.25) is 0 Å². The van der Waals surface area contributed by atoms with Crippen LogP contribution in [0.5, 0.6) is 0 Å². The SMILES string of the molecule is CCNc1cc(C2CC2)nc2ccc(C(C)C)cc12. The van der Waals surface area contributed by atoms with E-state index in [2.05, 4.69) is 50.4 Å². The molecule has 0 saturated heterocycles. The zero-order valence-corrected chi connectivity index (χ0v) is 12.0. The Kier molecular flexibility index (Phi) is 3.17. The number of hydrogen-bond acceptors (Lipinski definition) is 2. The van der Waals surface area contributed by atoms with Crippen LogP contribution in [-0.2, 0) is 0 Å². The van der Waals surface area contributed by atoms with Crippen molar-refractivity contribution in [2.75, 3.05) is 11.9 Å². The summed E-state index contributed by atoms with van der Waals surface area (Å²) in [4.78, 5) is 4.84. The predicted molar refractivity (Wildman–Crippen MR) is 82.0 cm³/mol. The number of rotatable bonds is 4. The predicted octanol–water partition coefficient (Wildman–Crippen LogP) is 4.67. The molecule has 1 aliphatic carbocycles. The molecule has 1 N–H and O–H groups in total. The maximum atomic E-state index is 4.84. The first kappa shape index (κ1) is 12.5. The lowest BCUT2D eigenvalue weighted by Gasteiger charge is -2.13. The molecule has 0 amide bonds. The van der Waals surface area contributed by atoms with E-state index in [1.54, 1.807) is 0 Å². The van der Waals surface area contributed by atoms with Crippen LogP contribution in [0.3, 0.4) is 0 Å². The largest absolute Gasteiger partial charge is 0.385 e. The highest BCUT2D eigenvalue weighted by atomic mass is 14.9. The first-order valence-electron chi connectivity index (χ1n) is 7.37. The molecule has 100 valence electrons. The molecule has 1 fully saturated rings. The Morgan fingerprint density at radius 1 is 1.26 bits per heavy atom. The Balaban J connectivity index is 2.15. The van der Waals surface area contributed by atoms with Crippen molar-refractivity contribution in [1.82, 2.24) is 4.98 Å². The number of nitrogens with zero attached hydrogens (tertiary/aromatic N) is 1. The third-order valence-electron chi connectivity index (χ3n) is 3.88. The Morgan fingerprint density at radius 3 is 2.68 bits per heavy atom. The number of hydrogen-bond donors (Lipinski definition) is 1. The molecule has 1 aliphatic rings. The minimum absolute atomic E-state index is 0.557. The third-order valence-corrected chi connectivity index (χ3v) is 3.88. The topological polar surface area (TPSA) is 24.9 Å². The molecule has 2 nitrogen and oxygen atoms in total. The summed E-state index contributed by atoms with van der Waals surface area (Å²) in [5.41, 5.74) is 5.02. The van der Waals surface area contributed by atoms with Gasteiger partial charge in [-0.15, -0.1) is 0 Å². The van der Waals surface area contributed by atoms with Crippen LogP contribution in [0.25, 0.3) is 10.9 Å². The first-order chi connectivity index (χ1) is 9.19. The van der Waals surface area contributed by atoms with Crippen LogP contribution >= 0.6 is 0 Å². The summed E-state index contributed by atoms with van der Waals surface area (Å²) in [5, 5.41) is 4.76. The number of benzene rings is 1. The lowest BCUT2D eigenvalue weighted by molar-refractivity contribution is 0.868. The molecule has 1 heterocycles. The molecular weight excluding hydrogens is 232 g/mol. The smallest absolute Gasteiger partial charge is 0.0726 e. The Morgan fingerprint density at radius 2 is 2.05 bits per heavy atom. The number of pyridine rings is 1. The van der Waals surface area contributed by atoms with E-state index in [-0.39, 0.29) is 0 Å². The summed E-state index contributed by atoms with van der Waals surface area (Å²) in [6.07, 6.45) is 2.60. The van der Waals surface area contributed by atoms with Gasteiger partial charge in [-0.05, 0) is 49.4 Å². The van der Waals surface area contributed by atoms with Crippen molar-refractivity contribution < 1.29 is 0 Å². The van der Waals surface area contributed by atoms with Crippen LogP contribution in [0, 0.1) is 0 Å². The van der Waals surface area contributed by atoms with Crippen molar-refractivity contribution in [3.63, 3.8) is 0 Å². The molecule has 0 spiro atoms. The summed E-state index contributed by atoms with van der Waals surface area (Å²) in [5.74, 6) is 1.26. The van der Waals surface area contributed by atoms with Crippen LogP contribution in [0.15, 0.2) is 24.3 Å². The van der Waals surface area contributed by atoms with Crippen LogP contribution < -0.4 is 5.32 Å². The first-order valence-corrected chi connectivity index (χ1v) is 7.37. The molecule has 0 aliphatic heterocycles. The van der Waals surface area contributed by atoms with Crippen LogP contribution in [0.4, 0.5) is 5.69 Å². The molecule has 2 aromatic rings. The number of aromatic nitrogens is 1. The van der Waals surface area contributed by atoms with Gasteiger partial charge in [0.15, 0.2) is 0 Å². The van der Waals surface area contributed by atoms with Crippen molar-refractivity contribution in [1.29, 1.82) is 0 Å². The lowest BCUT2D eigenvalue weighted by atomic mass is 10.00. The van der Waals surface area contributed by atoms with Gasteiger partial charge in [-0.25, -0.2) is 0 Å². The molecule has 2 heteroatoms. The second-order valence-electron chi connectivity index (χ2n) is 5.83. The van der Waals surface area contributed by atoms with Gasteiger partial charge in [0.25, 0.3) is 0 Å². The van der Waals surface area contributed by atoms with Crippen LogP contribution in [-0.4, -0.2) is 11.5 Å². The number of anilines is 1. The summed E-state index contributed by atoms with van der Waals surface area (Å²) >= 11 is 0. The van der Waals surface area contributed by atoms with Gasteiger partial charge in [-0.1, -0.05) is 19.9 Å². The molecule has 1 aromatic carbocycles. The van der Waals surface area contributed by atoms with E-state index < -0.39 is 0 Å². The van der Waals surface area contributed by atoms with Gasteiger partial charge >= 0.3 is 0 Å². The highest BCUT2D eigenvalue weighted by Gasteiger charge is 2.26. The zero-order valence-electron chi connectivity index (χ0n) is 12.0. The lowest BCUT2D eigenvalue weighted by Crippen LogP contribution is -2.01. The van der Waals surface area contributed by atoms with E-state index in [1.807, 2.05) is 0 Å². The molecular formula is C17H22N2. The summed E-state index contributed by atoms with van der Waals surface area (Å²) in [6, 6.07) is 8.94. The third kappa shape index (κ3) is 2.44. The highest BCUT2D eigenvalue weighted by molar-refractivity contribution is 5.92. The van der Waals surface area contributed by atoms with E-state index in [0.29, 0.717) is 11.8 Å².